The molecule has 1 N–H and O–H groups in total. The molecule has 190 valence electrons. The number of benzene rings is 1. The van der Waals surface area contributed by atoms with Gasteiger partial charge in [-0.3, -0.25) is 9.59 Å². The lowest BCUT2D eigenvalue weighted by Gasteiger charge is -2.32. The summed E-state index contributed by atoms with van der Waals surface area (Å²) in [5.74, 6) is -1.08. The van der Waals surface area contributed by atoms with E-state index in [0.717, 1.165) is 41.6 Å². The predicted octanol–water partition coefficient (Wildman–Crippen LogP) is 3.37. The number of hydrogen-bond acceptors (Lipinski definition) is 4. The number of rotatable bonds is 6. The number of amides is 1. The normalized spacial score (nSPS) is 18.6. The van der Waals surface area contributed by atoms with Crippen LogP contribution < -0.4 is 0 Å². The number of piperidine rings is 1. The zero-order valence-corrected chi connectivity index (χ0v) is 21.2. The minimum absolute atomic E-state index is 0.0272. The Morgan fingerprint density at radius 1 is 1.08 bits per heavy atom. The first kappa shape index (κ1) is 24.5. The number of carbonyl (C=O) groups excluding carboxylic acids is 1. The van der Waals surface area contributed by atoms with E-state index in [1.165, 1.54) is 10.4 Å². The molecule has 5 rings (SSSR count). The van der Waals surface area contributed by atoms with Gasteiger partial charge in [-0.25, -0.2) is 8.42 Å². The molecule has 36 heavy (non-hydrogen) atoms. The molecule has 3 heterocycles. The van der Waals surface area contributed by atoms with Gasteiger partial charge in [0.25, 0.3) is 5.91 Å². The molecule has 0 radical (unpaired) electrons. The zero-order valence-electron chi connectivity index (χ0n) is 20.4. The van der Waals surface area contributed by atoms with Crippen molar-refractivity contribution in [2.24, 2.45) is 0 Å². The van der Waals surface area contributed by atoms with Gasteiger partial charge in [-0.1, -0.05) is 18.6 Å². The highest BCUT2D eigenvalue weighted by atomic mass is 32.2. The van der Waals surface area contributed by atoms with Gasteiger partial charge in [0.15, 0.2) is 0 Å². The molecule has 1 aromatic carbocycles. The quantitative estimate of drug-likeness (QED) is 0.549. The van der Waals surface area contributed by atoms with Gasteiger partial charge in [0.1, 0.15) is 0 Å². The first-order valence-corrected chi connectivity index (χ1v) is 13.9. The number of fused-ring (bicyclic) bond motifs is 3. The average molecular weight is 510 g/mol. The number of carboxylic acid groups (broad SMARTS) is 1. The first-order valence-electron chi connectivity index (χ1n) is 12.5. The number of hydrogen-bond donors (Lipinski definition) is 1. The fourth-order valence-electron chi connectivity index (χ4n) is 5.64. The van der Waals surface area contributed by atoms with E-state index in [1.807, 2.05) is 28.8 Å². The fourth-order valence-corrected chi connectivity index (χ4v) is 7.21. The van der Waals surface area contributed by atoms with E-state index in [9.17, 15) is 23.1 Å². The Hall–Kier alpha value is -3.17. The van der Waals surface area contributed by atoms with Crippen LogP contribution in [0.2, 0.25) is 0 Å². The maximum absolute atomic E-state index is 13.5. The van der Waals surface area contributed by atoms with Gasteiger partial charge in [-0.05, 0) is 67.1 Å². The van der Waals surface area contributed by atoms with Crippen molar-refractivity contribution in [3.8, 4) is 0 Å². The molecular formula is C27H31N3O5S. The van der Waals surface area contributed by atoms with Crippen molar-refractivity contribution in [3.63, 3.8) is 0 Å². The Balaban J connectivity index is 1.39. The lowest BCUT2D eigenvalue weighted by molar-refractivity contribution is -0.136. The smallest absolute Gasteiger partial charge is 0.307 e. The largest absolute Gasteiger partial charge is 0.481 e. The highest BCUT2D eigenvalue weighted by molar-refractivity contribution is 7.89. The van der Waals surface area contributed by atoms with Gasteiger partial charge in [0.2, 0.25) is 10.0 Å². The molecule has 0 saturated carbocycles. The Morgan fingerprint density at radius 2 is 1.86 bits per heavy atom. The second kappa shape index (κ2) is 9.71. The molecule has 1 atom stereocenters. The van der Waals surface area contributed by atoms with E-state index < -0.39 is 16.0 Å². The monoisotopic (exact) mass is 509 g/mol. The van der Waals surface area contributed by atoms with Crippen LogP contribution in [0.25, 0.3) is 5.52 Å². The first-order chi connectivity index (χ1) is 17.3. The summed E-state index contributed by atoms with van der Waals surface area (Å²) in [6.07, 6.45) is 6.66. The number of sulfonamides is 1. The standard InChI is InChI=1S/C27H31N3O5S/c1-28(27(33)19-8-7-9-21(16-19)36(34,35)29-13-4-2-5-14-29)20-11-12-22-23(18-26(31)32)24-10-3-6-15-30(24)25(22)17-20/h3,6-10,15-16,20H,2,4-5,11-14,17-18H2,1H3,(H,31,32)/t20-/m1/s1. The third-order valence-corrected chi connectivity index (χ3v) is 9.45. The highest BCUT2D eigenvalue weighted by Gasteiger charge is 2.32. The zero-order chi connectivity index (χ0) is 25.4. The van der Waals surface area contributed by atoms with Crippen molar-refractivity contribution in [1.29, 1.82) is 0 Å². The van der Waals surface area contributed by atoms with Crippen molar-refractivity contribution in [3.05, 3.63) is 71.0 Å². The molecule has 8 nitrogen and oxygen atoms in total. The molecular weight excluding hydrogens is 478 g/mol. The Morgan fingerprint density at radius 3 is 2.61 bits per heavy atom. The van der Waals surface area contributed by atoms with E-state index in [0.29, 0.717) is 37.9 Å². The van der Waals surface area contributed by atoms with E-state index >= 15 is 0 Å². The summed E-state index contributed by atoms with van der Waals surface area (Å²) in [5.41, 5.74) is 4.21. The minimum Gasteiger partial charge on any atom is -0.481 e. The van der Waals surface area contributed by atoms with Crippen LogP contribution in [0.1, 0.15) is 52.9 Å². The summed E-state index contributed by atoms with van der Waals surface area (Å²) in [4.78, 5) is 26.8. The number of carboxylic acids is 1. The number of pyridine rings is 1. The van der Waals surface area contributed by atoms with Gasteiger partial charge < -0.3 is 14.4 Å². The molecule has 3 aromatic rings. The summed E-state index contributed by atoms with van der Waals surface area (Å²) < 4.78 is 29.8. The molecule has 1 aliphatic heterocycles. The molecule has 0 spiro atoms. The maximum atomic E-state index is 13.5. The van der Waals surface area contributed by atoms with Gasteiger partial charge >= 0.3 is 5.97 Å². The summed E-state index contributed by atoms with van der Waals surface area (Å²) in [6, 6.07) is 12.0. The number of carbonyl (C=O) groups is 2. The van der Waals surface area contributed by atoms with E-state index in [1.54, 1.807) is 30.1 Å². The third kappa shape index (κ3) is 4.41. The highest BCUT2D eigenvalue weighted by Crippen LogP contribution is 2.33. The molecule has 1 aliphatic carbocycles. The van der Waals surface area contributed by atoms with Crippen LogP contribution in [0.4, 0.5) is 0 Å². The molecule has 0 bridgehead atoms. The Kier molecular flexibility index (Phi) is 6.61. The van der Waals surface area contributed by atoms with E-state index in [-0.39, 0.29) is 23.3 Å². The van der Waals surface area contributed by atoms with Gasteiger partial charge in [0, 0.05) is 55.6 Å². The van der Waals surface area contributed by atoms with Crippen LogP contribution in [0.3, 0.4) is 0 Å². The van der Waals surface area contributed by atoms with Crippen LogP contribution >= 0.6 is 0 Å². The minimum atomic E-state index is -3.63. The lowest BCUT2D eigenvalue weighted by Crippen LogP contribution is -2.41. The predicted molar refractivity (Wildman–Crippen MR) is 136 cm³/mol. The van der Waals surface area contributed by atoms with Gasteiger partial charge in [-0.2, -0.15) is 4.31 Å². The summed E-state index contributed by atoms with van der Waals surface area (Å²) in [6.45, 7) is 1.03. The van der Waals surface area contributed by atoms with Crippen LogP contribution in [0, 0.1) is 0 Å². The molecule has 1 amide bonds. The van der Waals surface area contributed by atoms with Crippen molar-refractivity contribution >= 4 is 27.4 Å². The van der Waals surface area contributed by atoms with Crippen LogP contribution in [0.15, 0.2) is 53.6 Å². The Bertz CT molecular complexity index is 1420. The van der Waals surface area contributed by atoms with Crippen LogP contribution in [0.5, 0.6) is 0 Å². The summed E-state index contributed by atoms with van der Waals surface area (Å²) >= 11 is 0. The molecule has 0 unspecified atom stereocenters. The topological polar surface area (TPSA) is 99.4 Å². The van der Waals surface area contributed by atoms with Gasteiger partial charge in [-0.15, -0.1) is 0 Å². The maximum Gasteiger partial charge on any atom is 0.307 e. The number of aliphatic carboxylic acids is 1. The molecule has 1 fully saturated rings. The van der Waals surface area contributed by atoms with Crippen molar-refractivity contribution in [2.75, 3.05) is 20.1 Å². The van der Waals surface area contributed by atoms with E-state index in [2.05, 4.69) is 0 Å². The van der Waals surface area contributed by atoms with E-state index in [4.69, 9.17) is 0 Å². The second-order valence-electron chi connectivity index (χ2n) is 9.74. The van der Waals surface area contributed by atoms with Crippen molar-refractivity contribution in [2.45, 2.75) is 55.9 Å². The van der Waals surface area contributed by atoms with Crippen molar-refractivity contribution < 1.29 is 23.1 Å². The lowest BCUT2D eigenvalue weighted by atomic mass is 9.89. The molecule has 2 aromatic heterocycles. The Labute approximate surface area is 211 Å². The van der Waals surface area contributed by atoms with Crippen molar-refractivity contribution in [1.82, 2.24) is 13.6 Å². The molecule has 1 saturated heterocycles. The number of nitrogens with zero attached hydrogens (tertiary/aromatic N) is 3. The SMILES string of the molecule is CN(C(=O)c1cccc(S(=O)(=O)N2CCCCC2)c1)[C@@H]1CCc2c(CC(=O)O)c3ccccn3c2C1. The van der Waals surface area contributed by atoms with Crippen LogP contribution in [-0.2, 0) is 34.1 Å². The molecule has 2 aliphatic rings. The average Bonchev–Trinajstić information content (AvgIpc) is 3.21. The number of likely N-dealkylation sites (N-methyl/N-ethyl adjacent to an activating group) is 1. The van der Waals surface area contributed by atoms with Crippen LogP contribution in [-0.4, -0.2) is 65.2 Å². The van der Waals surface area contributed by atoms with Gasteiger partial charge in [0.05, 0.1) is 11.3 Å². The third-order valence-electron chi connectivity index (χ3n) is 7.56. The summed E-state index contributed by atoms with van der Waals surface area (Å²) in [5, 5.41) is 9.44. The fraction of sp³-hybridized carbons (Fsp3) is 0.407. The molecule has 9 heteroatoms. The number of aromatic nitrogens is 1. The summed E-state index contributed by atoms with van der Waals surface area (Å²) in [7, 11) is -1.87. The second-order valence-corrected chi connectivity index (χ2v) is 11.7.